The van der Waals surface area contributed by atoms with E-state index in [1.165, 1.54) is 11.8 Å². The van der Waals surface area contributed by atoms with Crippen molar-refractivity contribution in [3.63, 3.8) is 0 Å². The van der Waals surface area contributed by atoms with E-state index in [1.54, 1.807) is 6.26 Å². The van der Waals surface area contributed by atoms with Crippen molar-refractivity contribution in [2.24, 2.45) is 5.92 Å². The van der Waals surface area contributed by atoms with Gasteiger partial charge >= 0.3 is 0 Å². The van der Waals surface area contributed by atoms with E-state index in [9.17, 15) is 24.5 Å². The van der Waals surface area contributed by atoms with Crippen LogP contribution in [0.3, 0.4) is 0 Å². The van der Waals surface area contributed by atoms with Gasteiger partial charge in [0.05, 0.1) is 18.8 Å². The van der Waals surface area contributed by atoms with Gasteiger partial charge in [-0.1, -0.05) is 6.92 Å². The molecule has 2 heterocycles. The van der Waals surface area contributed by atoms with Gasteiger partial charge in [0.15, 0.2) is 0 Å². The molecule has 0 aliphatic carbocycles. The van der Waals surface area contributed by atoms with Gasteiger partial charge in [-0.2, -0.15) is 0 Å². The fourth-order valence-electron chi connectivity index (χ4n) is 4.09. The molecule has 0 spiro atoms. The highest BCUT2D eigenvalue weighted by atomic mass is 32.2. The van der Waals surface area contributed by atoms with Gasteiger partial charge in [-0.05, 0) is 57.2 Å². The van der Waals surface area contributed by atoms with Crippen LogP contribution >= 0.6 is 11.8 Å². The second-order valence-corrected chi connectivity index (χ2v) is 8.71. The van der Waals surface area contributed by atoms with Crippen LogP contribution in [0.4, 0.5) is 4.39 Å². The first-order valence-corrected chi connectivity index (χ1v) is 11.5. The number of aliphatic hydroxyl groups is 3. The summed E-state index contributed by atoms with van der Waals surface area (Å²) in [5.41, 5.74) is -0.665. The van der Waals surface area contributed by atoms with E-state index in [0.717, 1.165) is 19.3 Å². The van der Waals surface area contributed by atoms with Gasteiger partial charge in [0.2, 0.25) is 5.91 Å². The average molecular weight is 423 g/mol. The van der Waals surface area contributed by atoms with Crippen LogP contribution in [0.2, 0.25) is 0 Å². The number of nitrogens with one attached hydrogen (secondary N) is 2. The van der Waals surface area contributed by atoms with Crippen LogP contribution in [0.25, 0.3) is 0 Å². The van der Waals surface area contributed by atoms with Crippen LogP contribution < -0.4 is 10.6 Å². The Hall–Kier alpha value is -0.450. The maximum absolute atomic E-state index is 12.8. The molecule has 0 radical (unpaired) electrons. The Morgan fingerprint density at radius 2 is 2.00 bits per heavy atom. The molecule has 2 aliphatic rings. The number of hydrogen-bond acceptors (Lipinski definition) is 7. The van der Waals surface area contributed by atoms with Crippen molar-refractivity contribution in [3.8, 4) is 0 Å². The summed E-state index contributed by atoms with van der Waals surface area (Å²) in [5.74, 6) is 0.278. The maximum atomic E-state index is 12.8. The summed E-state index contributed by atoms with van der Waals surface area (Å²) in [7, 11) is 0. The summed E-state index contributed by atoms with van der Waals surface area (Å²) in [6.07, 6.45) is 1.60. The fraction of sp³-hybridized carbons (Fsp3) is 0.947. The summed E-state index contributed by atoms with van der Waals surface area (Å²) in [4.78, 5) is 12.8. The van der Waals surface area contributed by atoms with E-state index in [2.05, 4.69) is 10.6 Å². The minimum absolute atomic E-state index is 0.157. The summed E-state index contributed by atoms with van der Waals surface area (Å²) < 4.78 is 18.2. The van der Waals surface area contributed by atoms with Gasteiger partial charge in [0, 0.05) is 0 Å². The number of carbonyl (C=O) groups excluding carboxylic acids is 1. The van der Waals surface area contributed by atoms with Crippen molar-refractivity contribution in [2.75, 3.05) is 19.5 Å². The maximum Gasteiger partial charge on any atom is 0.237 e. The molecule has 0 bridgehead atoms. The second-order valence-electron chi connectivity index (χ2n) is 7.77. The number of rotatable bonds is 8. The summed E-state index contributed by atoms with van der Waals surface area (Å²) >= 11 is 1.25. The molecule has 2 fully saturated rings. The van der Waals surface area contributed by atoms with Gasteiger partial charge < -0.3 is 30.7 Å². The predicted molar refractivity (Wildman–Crippen MR) is 107 cm³/mol. The molecular formula is C19H35FN2O5S. The van der Waals surface area contributed by atoms with Crippen molar-refractivity contribution in [1.82, 2.24) is 10.6 Å². The Balaban J connectivity index is 1.95. The normalized spacial score (nSPS) is 37.9. The van der Waals surface area contributed by atoms with E-state index < -0.39 is 35.9 Å². The SMILES string of the molecule is CC[C@@H](NC(=O)[C@@H]1CC[C@H](CCCF)CCN1)[C@H]1O[C@H](SC)[C@H](O)[C@@H](O)[C@H]1O. The molecule has 0 saturated carbocycles. The molecule has 0 aromatic heterocycles. The van der Waals surface area contributed by atoms with Gasteiger partial charge in [-0.3, -0.25) is 9.18 Å². The molecule has 28 heavy (non-hydrogen) atoms. The third-order valence-corrected chi connectivity index (χ3v) is 6.73. The average Bonchev–Trinajstić information content (AvgIpc) is 2.95. The monoisotopic (exact) mass is 422 g/mol. The number of thioether (sulfide) groups is 1. The molecule has 5 N–H and O–H groups in total. The third-order valence-electron chi connectivity index (χ3n) is 5.87. The second kappa shape index (κ2) is 11.7. The highest BCUT2D eigenvalue weighted by molar-refractivity contribution is 7.99. The first-order valence-electron chi connectivity index (χ1n) is 10.2. The molecule has 0 unspecified atom stereocenters. The highest BCUT2D eigenvalue weighted by Crippen LogP contribution is 2.29. The predicted octanol–water partition coefficient (Wildman–Crippen LogP) is 0.560. The van der Waals surface area contributed by atoms with Gasteiger partial charge in [0.25, 0.3) is 0 Å². The van der Waals surface area contributed by atoms with Crippen LogP contribution in [-0.4, -0.2) is 82.6 Å². The number of halogens is 1. The molecule has 2 aliphatic heterocycles. The number of ether oxygens (including phenoxy) is 1. The van der Waals surface area contributed by atoms with E-state index in [0.29, 0.717) is 31.7 Å². The zero-order valence-electron chi connectivity index (χ0n) is 16.7. The van der Waals surface area contributed by atoms with Crippen LogP contribution in [0, 0.1) is 5.92 Å². The Morgan fingerprint density at radius 3 is 2.64 bits per heavy atom. The molecule has 2 saturated heterocycles. The number of amides is 1. The van der Waals surface area contributed by atoms with Gasteiger partial charge in [-0.15, -0.1) is 11.8 Å². The molecule has 8 atom stereocenters. The highest BCUT2D eigenvalue weighted by Gasteiger charge is 2.46. The lowest BCUT2D eigenvalue weighted by atomic mass is 9.92. The Bertz CT molecular complexity index is 487. The van der Waals surface area contributed by atoms with Crippen LogP contribution in [0.1, 0.15) is 45.4 Å². The first-order chi connectivity index (χ1) is 13.4. The molecule has 2 rings (SSSR count). The van der Waals surface area contributed by atoms with E-state index in [1.807, 2.05) is 6.92 Å². The minimum atomic E-state index is -1.32. The Kier molecular flexibility index (Phi) is 9.92. The van der Waals surface area contributed by atoms with E-state index >= 15 is 0 Å². The van der Waals surface area contributed by atoms with Crippen LogP contribution in [0.5, 0.6) is 0 Å². The first kappa shape index (κ1) is 23.8. The van der Waals surface area contributed by atoms with Crippen LogP contribution in [0.15, 0.2) is 0 Å². The number of alkyl halides is 1. The van der Waals surface area contributed by atoms with Crippen molar-refractivity contribution < 1.29 is 29.2 Å². The summed E-state index contributed by atoms with van der Waals surface area (Å²) in [5, 5.41) is 36.7. The van der Waals surface area contributed by atoms with Gasteiger partial charge in [0.1, 0.15) is 29.9 Å². The quantitative estimate of drug-likeness (QED) is 0.389. The minimum Gasteiger partial charge on any atom is -0.388 e. The van der Waals surface area contributed by atoms with E-state index in [-0.39, 0.29) is 18.6 Å². The van der Waals surface area contributed by atoms with Crippen molar-refractivity contribution >= 4 is 17.7 Å². The molecule has 0 aromatic rings. The number of hydrogen-bond donors (Lipinski definition) is 5. The lowest BCUT2D eigenvalue weighted by Gasteiger charge is -2.43. The van der Waals surface area contributed by atoms with Crippen molar-refractivity contribution in [3.05, 3.63) is 0 Å². The largest absolute Gasteiger partial charge is 0.388 e. The van der Waals surface area contributed by atoms with E-state index in [4.69, 9.17) is 4.74 Å². The fourth-order valence-corrected chi connectivity index (χ4v) is 4.77. The zero-order chi connectivity index (χ0) is 20.7. The van der Waals surface area contributed by atoms with Crippen LogP contribution in [-0.2, 0) is 9.53 Å². The van der Waals surface area contributed by atoms with Crippen molar-refractivity contribution in [1.29, 1.82) is 0 Å². The zero-order valence-corrected chi connectivity index (χ0v) is 17.5. The van der Waals surface area contributed by atoms with Crippen molar-refractivity contribution in [2.45, 2.75) is 87.4 Å². The molecule has 7 nitrogen and oxygen atoms in total. The lowest BCUT2D eigenvalue weighted by molar-refractivity contribution is -0.205. The molecule has 0 aromatic carbocycles. The lowest BCUT2D eigenvalue weighted by Crippen LogP contribution is -2.63. The van der Waals surface area contributed by atoms with Gasteiger partial charge in [-0.25, -0.2) is 0 Å². The summed E-state index contributed by atoms with van der Waals surface area (Å²) in [6.45, 7) is 2.29. The smallest absolute Gasteiger partial charge is 0.237 e. The number of carbonyl (C=O) groups is 1. The third kappa shape index (κ3) is 6.03. The topological polar surface area (TPSA) is 111 Å². The standard InChI is InChI=1S/C19H35FN2O5S/c1-3-12(17-15(24)14(23)16(25)19(27-17)28-2)22-18(26)13-7-6-11(5-4-9-20)8-10-21-13/h11-17,19,21,23-25H,3-10H2,1-2H3,(H,22,26)/t11-,12+,13-,14-,15+,16+,17+,19+/m0/s1. The Morgan fingerprint density at radius 1 is 1.25 bits per heavy atom. The molecular weight excluding hydrogens is 387 g/mol. The molecule has 164 valence electrons. The molecule has 9 heteroatoms. The molecule has 1 amide bonds. The number of aliphatic hydroxyl groups excluding tert-OH is 3. The Labute approximate surface area is 170 Å². The summed E-state index contributed by atoms with van der Waals surface area (Å²) in [6, 6.07) is -0.816.